The van der Waals surface area contributed by atoms with Crippen LogP contribution in [-0.2, 0) is 0 Å². The molecule has 2 heteroatoms. The lowest BCUT2D eigenvalue weighted by Gasteiger charge is -2.33. The van der Waals surface area contributed by atoms with Crippen LogP contribution in [0.4, 0.5) is 0 Å². The van der Waals surface area contributed by atoms with Crippen molar-refractivity contribution in [3.63, 3.8) is 0 Å². The van der Waals surface area contributed by atoms with Gasteiger partial charge < -0.3 is 0 Å². The van der Waals surface area contributed by atoms with Gasteiger partial charge in [-0.1, -0.05) is 71.6 Å². The van der Waals surface area contributed by atoms with Crippen molar-refractivity contribution in [3.8, 4) is 0 Å². The lowest BCUT2D eigenvalue weighted by Crippen LogP contribution is -2.45. The highest BCUT2D eigenvalue weighted by Gasteiger charge is 2.35. The average molecular weight is 254 g/mol. The van der Waals surface area contributed by atoms with Crippen molar-refractivity contribution in [2.24, 2.45) is 11.3 Å². The molecule has 18 heavy (non-hydrogen) atoms. The van der Waals surface area contributed by atoms with E-state index in [2.05, 4.69) is 19.3 Å². The summed E-state index contributed by atoms with van der Waals surface area (Å²) in [5.41, 5.74) is 3.56. The first-order valence-electron chi connectivity index (χ1n) is 8.19. The second-order valence-electron chi connectivity index (χ2n) is 6.49. The summed E-state index contributed by atoms with van der Waals surface area (Å²) in [6, 6.07) is 0.538. The first-order valence-corrected chi connectivity index (χ1v) is 8.19. The molecule has 0 aromatic carbocycles. The van der Waals surface area contributed by atoms with Gasteiger partial charge in [-0.2, -0.15) is 0 Å². The standard InChI is InChI=1S/C16H34N2/c1-3-4-5-6-7-8-9-12-15(18-17)16(2)13-10-11-14-16/h15,18H,3-14,17H2,1-2H3. The van der Waals surface area contributed by atoms with Crippen LogP contribution in [0.15, 0.2) is 0 Å². The Kier molecular flexibility index (Phi) is 7.92. The Morgan fingerprint density at radius 2 is 1.56 bits per heavy atom. The molecule has 1 saturated carbocycles. The third-order valence-electron chi connectivity index (χ3n) is 4.88. The highest BCUT2D eigenvalue weighted by atomic mass is 15.2. The average Bonchev–Trinajstić information content (AvgIpc) is 2.80. The van der Waals surface area contributed by atoms with E-state index < -0.39 is 0 Å². The summed E-state index contributed by atoms with van der Waals surface area (Å²) >= 11 is 0. The molecule has 1 atom stereocenters. The van der Waals surface area contributed by atoms with Gasteiger partial charge in [-0.15, -0.1) is 0 Å². The number of hydrogen-bond acceptors (Lipinski definition) is 2. The van der Waals surface area contributed by atoms with Crippen LogP contribution in [-0.4, -0.2) is 6.04 Å². The van der Waals surface area contributed by atoms with Gasteiger partial charge in [0.25, 0.3) is 0 Å². The van der Waals surface area contributed by atoms with E-state index in [9.17, 15) is 0 Å². The topological polar surface area (TPSA) is 38.0 Å². The van der Waals surface area contributed by atoms with Crippen molar-refractivity contribution in [2.75, 3.05) is 0 Å². The Morgan fingerprint density at radius 3 is 2.11 bits per heavy atom. The van der Waals surface area contributed by atoms with E-state index in [1.165, 1.54) is 77.0 Å². The van der Waals surface area contributed by atoms with Crippen LogP contribution in [0.1, 0.15) is 90.9 Å². The van der Waals surface area contributed by atoms with E-state index in [1.807, 2.05) is 0 Å². The fraction of sp³-hybridized carbons (Fsp3) is 1.00. The van der Waals surface area contributed by atoms with Crippen LogP contribution >= 0.6 is 0 Å². The smallest absolute Gasteiger partial charge is 0.0264 e. The Bertz CT molecular complexity index is 197. The van der Waals surface area contributed by atoms with Gasteiger partial charge in [0.15, 0.2) is 0 Å². The zero-order valence-corrected chi connectivity index (χ0v) is 12.6. The van der Waals surface area contributed by atoms with Gasteiger partial charge in [-0.3, -0.25) is 11.3 Å². The molecule has 2 nitrogen and oxygen atoms in total. The van der Waals surface area contributed by atoms with Crippen molar-refractivity contribution in [2.45, 2.75) is 96.9 Å². The van der Waals surface area contributed by atoms with Gasteiger partial charge in [0.1, 0.15) is 0 Å². The Labute approximate surface area is 114 Å². The molecule has 0 saturated heterocycles. The van der Waals surface area contributed by atoms with Crippen LogP contribution in [0.2, 0.25) is 0 Å². The summed E-state index contributed by atoms with van der Waals surface area (Å²) in [5, 5.41) is 0. The fourth-order valence-corrected chi connectivity index (χ4v) is 3.47. The Hall–Kier alpha value is -0.0800. The minimum atomic E-state index is 0.469. The van der Waals surface area contributed by atoms with Gasteiger partial charge in [0.2, 0.25) is 0 Å². The lowest BCUT2D eigenvalue weighted by molar-refractivity contribution is 0.207. The summed E-state index contributed by atoms with van der Waals surface area (Å²) < 4.78 is 0. The van der Waals surface area contributed by atoms with Gasteiger partial charge in [-0.05, 0) is 24.7 Å². The SMILES string of the molecule is CCCCCCCCCC(NN)C1(C)CCCC1. The van der Waals surface area contributed by atoms with E-state index in [0.29, 0.717) is 11.5 Å². The monoisotopic (exact) mass is 254 g/mol. The molecule has 0 radical (unpaired) electrons. The minimum absolute atomic E-state index is 0.469. The minimum Gasteiger partial charge on any atom is -0.271 e. The van der Waals surface area contributed by atoms with Crippen LogP contribution in [0.25, 0.3) is 0 Å². The molecule has 0 heterocycles. The molecule has 108 valence electrons. The van der Waals surface area contributed by atoms with Crippen LogP contribution in [0.5, 0.6) is 0 Å². The van der Waals surface area contributed by atoms with Crippen LogP contribution < -0.4 is 11.3 Å². The van der Waals surface area contributed by atoms with E-state index in [-0.39, 0.29) is 0 Å². The molecule has 0 aromatic heterocycles. The molecule has 1 rings (SSSR count). The molecule has 1 aliphatic rings. The Balaban J connectivity index is 2.08. The maximum atomic E-state index is 5.77. The predicted molar refractivity (Wildman–Crippen MR) is 80.3 cm³/mol. The second kappa shape index (κ2) is 8.92. The summed E-state index contributed by atoms with van der Waals surface area (Å²) in [5.74, 6) is 5.77. The summed E-state index contributed by atoms with van der Waals surface area (Å²) in [7, 11) is 0. The van der Waals surface area contributed by atoms with E-state index >= 15 is 0 Å². The maximum Gasteiger partial charge on any atom is 0.0264 e. The molecular weight excluding hydrogens is 220 g/mol. The first-order chi connectivity index (χ1) is 8.73. The number of nitrogens with one attached hydrogen (secondary N) is 1. The summed E-state index contributed by atoms with van der Waals surface area (Å²) in [6.45, 7) is 4.70. The summed E-state index contributed by atoms with van der Waals surface area (Å²) in [6.07, 6.45) is 16.5. The molecule has 3 N–H and O–H groups in total. The molecule has 0 aromatic rings. The van der Waals surface area contributed by atoms with E-state index in [0.717, 1.165) is 0 Å². The van der Waals surface area contributed by atoms with Gasteiger partial charge in [0, 0.05) is 6.04 Å². The lowest BCUT2D eigenvalue weighted by atomic mass is 9.78. The number of rotatable bonds is 10. The molecule has 1 fully saturated rings. The van der Waals surface area contributed by atoms with Crippen molar-refractivity contribution < 1.29 is 0 Å². The predicted octanol–water partition coefficient (Wildman–Crippen LogP) is 4.54. The highest BCUT2D eigenvalue weighted by molar-refractivity contribution is 4.90. The maximum absolute atomic E-state index is 5.77. The number of unbranched alkanes of at least 4 members (excludes halogenated alkanes) is 6. The third-order valence-corrected chi connectivity index (χ3v) is 4.88. The van der Waals surface area contributed by atoms with Gasteiger partial charge >= 0.3 is 0 Å². The van der Waals surface area contributed by atoms with Gasteiger partial charge in [-0.25, -0.2) is 0 Å². The number of hydrazine groups is 1. The van der Waals surface area contributed by atoms with E-state index in [4.69, 9.17) is 5.84 Å². The molecule has 0 bridgehead atoms. The zero-order chi connectivity index (χ0) is 13.3. The first kappa shape index (κ1) is 16.0. The largest absolute Gasteiger partial charge is 0.271 e. The van der Waals surface area contributed by atoms with Crippen molar-refractivity contribution >= 4 is 0 Å². The quantitative estimate of drug-likeness (QED) is 0.341. The van der Waals surface area contributed by atoms with E-state index in [1.54, 1.807) is 0 Å². The molecule has 0 spiro atoms. The van der Waals surface area contributed by atoms with Crippen LogP contribution in [0.3, 0.4) is 0 Å². The molecule has 1 aliphatic carbocycles. The molecule has 1 unspecified atom stereocenters. The van der Waals surface area contributed by atoms with Crippen molar-refractivity contribution in [1.29, 1.82) is 0 Å². The number of hydrogen-bond donors (Lipinski definition) is 2. The van der Waals surface area contributed by atoms with Gasteiger partial charge in [0.05, 0.1) is 0 Å². The summed E-state index contributed by atoms with van der Waals surface area (Å²) in [4.78, 5) is 0. The fourth-order valence-electron chi connectivity index (χ4n) is 3.47. The molecule has 0 aliphatic heterocycles. The normalized spacial score (nSPS) is 20.2. The second-order valence-corrected chi connectivity index (χ2v) is 6.49. The third kappa shape index (κ3) is 5.27. The van der Waals surface area contributed by atoms with Crippen molar-refractivity contribution in [3.05, 3.63) is 0 Å². The molecule has 0 amide bonds. The van der Waals surface area contributed by atoms with Crippen LogP contribution in [0, 0.1) is 5.41 Å². The Morgan fingerprint density at radius 1 is 1.00 bits per heavy atom. The molecular formula is C16H34N2. The highest BCUT2D eigenvalue weighted by Crippen LogP contribution is 2.41. The number of nitrogens with two attached hydrogens (primary N) is 1. The zero-order valence-electron chi connectivity index (χ0n) is 12.6. The van der Waals surface area contributed by atoms with Crippen molar-refractivity contribution in [1.82, 2.24) is 5.43 Å².